The lowest BCUT2D eigenvalue weighted by Crippen LogP contribution is -2.25. The summed E-state index contributed by atoms with van der Waals surface area (Å²) in [6.07, 6.45) is -1.05. The van der Waals surface area contributed by atoms with Crippen LogP contribution in [-0.4, -0.2) is 55.2 Å². The fraction of sp³-hybridized carbons (Fsp3) is 0.190. The summed E-state index contributed by atoms with van der Waals surface area (Å²) in [6.45, 7) is 0. The van der Waals surface area contributed by atoms with E-state index in [1.165, 1.54) is 9.80 Å². The summed E-state index contributed by atoms with van der Waals surface area (Å²) >= 11 is 0. The van der Waals surface area contributed by atoms with Crippen molar-refractivity contribution < 1.29 is 23.5 Å². The van der Waals surface area contributed by atoms with Crippen LogP contribution in [0.25, 0.3) is 32.8 Å². The van der Waals surface area contributed by atoms with Gasteiger partial charge in [-0.25, -0.2) is 9.59 Å². The van der Waals surface area contributed by atoms with Crippen molar-refractivity contribution in [3.8, 4) is 11.5 Å². The van der Waals surface area contributed by atoms with Crippen molar-refractivity contribution in [2.75, 3.05) is 28.2 Å². The van der Waals surface area contributed by atoms with Gasteiger partial charge >= 0.3 is 12.2 Å². The molecule has 0 atom stereocenters. The number of aromatic amines is 1. The number of nitrogens with one attached hydrogen (secondary N) is 1. The number of rotatable bonds is 2. The molecule has 0 unspecified atom stereocenters. The van der Waals surface area contributed by atoms with Gasteiger partial charge < -0.3 is 28.7 Å². The zero-order valence-corrected chi connectivity index (χ0v) is 16.8. The molecule has 0 aliphatic rings. The number of nitrogens with zero attached hydrogens (tertiary/aromatic N) is 2. The Kier molecular flexibility index (Phi) is 4.57. The van der Waals surface area contributed by atoms with Crippen LogP contribution >= 0.6 is 0 Å². The topological polar surface area (TPSA) is 105 Å². The van der Waals surface area contributed by atoms with Crippen molar-refractivity contribution in [2.45, 2.75) is 0 Å². The van der Waals surface area contributed by atoms with Gasteiger partial charge in [0, 0.05) is 51.1 Å². The molecule has 4 rings (SSSR count). The van der Waals surface area contributed by atoms with Crippen molar-refractivity contribution in [3.63, 3.8) is 0 Å². The number of fused-ring (bicyclic) bond motifs is 5. The Labute approximate surface area is 170 Å². The first-order chi connectivity index (χ1) is 14.2. The summed E-state index contributed by atoms with van der Waals surface area (Å²) in [7, 11) is 6.32. The fourth-order valence-electron chi connectivity index (χ4n) is 3.01. The molecule has 0 saturated carbocycles. The maximum atomic E-state index is 12.7. The molecule has 30 heavy (non-hydrogen) atoms. The van der Waals surface area contributed by atoms with E-state index in [9.17, 15) is 14.4 Å². The van der Waals surface area contributed by atoms with Crippen LogP contribution in [0, 0.1) is 0 Å². The highest BCUT2D eigenvalue weighted by molar-refractivity contribution is 6.13. The second-order valence-electron chi connectivity index (χ2n) is 7.15. The largest absolute Gasteiger partial charge is 0.455 e. The van der Waals surface area contributed by atoms with Gasteiger partial charge in [0.15, 0.2) is 0 Å². The molecule has 154 valence electrons. The van der Waals surface area contributed by atoms with Crippen molar-refractivity contribution >= 4 is 45.0 Å². The molecule has 2 aromatic heterocycles. The van der Waals surface area contributed by atoms with Crippen LogP contribution in [0.4, 0.5) is 9.59 Å². The molecule has 9 nitrogen and oxygen atoms in total. The van der Waals surface area contributed by atoms with Gasteiger partial charge in [-0.15, -0.1) is 0 Å². The van der Waals surface area contributed by atoms with Gasteiger partial charge in [0.25, 0.3) is 5.56 Å². The van der Waals surface area contributed by atoms with Crippen LogP contribution in [0.15, 0.2) is 45.6 Å². The number of furan rings is 1. The predicted octanol–water partition coefficient (Wildman–Crippen LogP) is 3.55. The molecular formula is C21H19N3O6. The Hall–Kier alpha value is -4.01. The van der Waals surface area contributed by atoms with Crippen molar-refractivity contribution in [1.82, 2.24) is 14.8 Å². The summed E-state index contributed by atoms with van der Waals surface area (Å²) in [6, 6.07) is 9.74. The molecule has 0 spiro atoms. The van der Waals surface area contributed by atoms with Crippen molar-refractivity contribution in [3.05, 3.63) is 46.8 Å². The number of amides is 2. The Morgan fingerprint density at radius 3 is 2.03 bits per heavy atom. The second kappa shape index (κ2) is 7.11. The van der Waals surface area contributed by atoms with Gasteiger partial charge in [-0.05, 0) is 24.3 Å². The highest BCUT2D eigenvalue weighted by atomic mass is 16.6. The second-order valence-corrected chi connectivity index (χ2v) is 7.15. The lowest BCUT2D eigenvalue weighted by atomic mass is 10.1. The van der Waals surface area contributed by atoms with Crippen LogP contribution in [0.3, 0.4) is 0 Å². The van der Waals surface area contributed by atoms with Crippen LogP contribution in [0.1, 0.15) is 0 Å². The Morgan fingerprint density at radius 2 is 1.43 bits per heavy atom. The van der Waals surface area contributed by atoms with Gasteiger partial charge in [-0.1, -0.05) is 0 Å². The number of hydrogen-bond acceptors (Lipinski definition) is 6. The molecule has 9 heteroatoms. The molecule has 2 aromatic carbocycles. The highest BCUT2D eigenvalue weighted by Gasteiger charge is 2.17. The molecule has 2 amide bonds. The average Bonchev–Trinajstić information content (AvgIpc) is 3.07. The Bertz CT molecular complexity index is 1370. The average molecular weight is 409 g/mol. The van der Waals surface area contributed by atoms with E-state index in [2.05, 4.69) is 4.98 Å². The Morgan fingerprint density at radius 1 is 0.867 bits per heavy atom. The van der Waals surface area contributed by atoms with Gasteiger partial charge in [0.05, 0.1) is 10.9 Å². The minimum absolute atomic E-state index is 0.296. The van der Waals surface area contributed by atoms with Crippen LogP contribution < -0.4 is 15.0 Å². The number of H-pyrrole nitrogens is 1. The molecule has 2 heterocycles. The molecule has 0 aliphatic carbocycles. The number of hydrogen-bond donors (Lipinski definition) is 1. The molecule has 0 saturated heterocycles. The molecule has 0 aliphatic heterocycles. The smallest absolute Gasteiger partial charge is 0.414 e. The minimum atomic E-state index is -0.527. The number of aromatic nitrogens is 1. The predicted molar refractivity (Wildman–Crippen MR) is 111 cm³/mol. The monoisotopic (exact) mass is 409 g/mol. The quantitative estimate of drug-likeness (QED) is 0.543. The molecule has 0 fully saturated rings. The first kappa shape index (κ1) is 19.3. The van der Waals surface area contributed by atoms with Crippen LogP contribution in [0.2, 0.25) is 0 Å². The van der Waals surface area contributed by atoms with E-state index in [4.69, 9.17) is 13.9 Å². The summed E-state index contributed by atoms with van der Waals surface area (Å²) in [5, 5.41) is 1.64. The van der Waals surface area contributed by atoms with Gasteiger partial charge in [-0.2, -0.15) is 0 Å². The zero-order valence-electron chi connectivity index (χ0n) is 16.8. The van der Waals surface area contributed by atoms with Crippen molar-refractivity contribution in [2.24, 2.45) is 0 Å². The fourth-order valence-corrected chi connectivity index (χ4v) is 3.01. The molecular weight excluding hydrogens is 390 g/mol. The lowest BCUT2D eigenvalue weighted by Gasteiger charge is -2.11. The highest BCUT2D eigenvalue weighted by Crippen LogP contribution is 2.34. The SMILES string of the molecule is CN(C)C(=O)Oc1ccc2c(c1)[nH]c(=O)c1c3ccc(OC(=O)N(C)C)cc3oc21. The normalized spacial score (nSPS) is 11.1. The molecule has 0 bridgehead atoms. The third-order valence-corrected chi connectivity index (χ3v) is 4.51. The van der Waals surface area contributed by atoms with Gasteiger partial charge in [0.1, 0.15) is 22.7 Å². The van der Waals surface area contributed by atoms with E-state index in [1.54, 1.807) is 64.6 Å². The summed E-state index contributed by atoms with van der Waals surface area (Å²) in [4.78, 5) is 41.7. The van der Waals surface area contributed by atoms with Crippen molar-refractivity contribution in [1.29, 1.82) is 0 Å². The number of carbonyl (C=O) groups excluding carboxylic acids is 2. The third-order valence-electron chi connectivity index (χ3n) is 4.51. The lowest BCUT2D eigenvalue weighted by molar-refractivity contribution is 0.171. The zero-order chi connectivity index (χ0) is 21.6. The molecule has 0 radical (unpaired) electrons. The van der Waals surface area contributed by atoms with E-state index < -0.39 is 12.2 Å². The van der Waals surface area contributed by atoms with E-state index in [-0.39, 0.29) is 5.56 Å². The standard InChI is InChI=1S/C21H19N3O6/c1-23(2)20(26)28-11-5-7-13-15(9-11)22-19(25)17-14-8-6-12(29-21(27)24(3)4)10-16(14)30-18(13)17/h5-10H,1-4H3,(H,22,25). The van der Waals surface area contributed by atoms with E-state index >= 15 is 0 Å². The van der Waals surface area contributed by atoms with E-state index in [0.717, 1.165) is 0 Å². The maximum Gasteiger partial charge on any atom is 0.414 e. The first-order valence-corrected chi connectivity index (χ1v) is 9.05. The first-order valence-electron chi connectivity index (χ1n) is 9.05. The number of pyridine rings is 1. The summed E-state index contributed by atoms with van der Waals surface area (Å²) in [5.41, 5.74) is 0.931. The van der Waals surface area contributed by atoms with Crippen LogP contribution in [0.5, 0.6) is 11.5 Å². The summed E-state index contributed by atoms with van der Waals surface area (Å²) in [5.74, 6) is 0.601. The molecule has 4 aromatic rings. The van der Waals surface area contributed by atoms with Gasteiger partial charge in [0.2, 0.25) is 0 Å². The third kappa shape index (κ3) is 3.30. The van der Waals surface area contributed by atoms with Gasteiger partial charge in [-0.3, -0.25) is 4.79 Å². The summed E-state index contributed by atoms with van der Waals surface area (Å²) < 4.78 is 16.5. The Balaban J connectivity index is 1.83. The number of carbonyl (C=O) groups is 2. The number of benzene rings is 2. The number of ether oxygens (including phenoxy) is 2. The van der Waals surface area contributed by atoms with E-state index in [0.29, 0.717) is 44.3 Å². The molecule has 1 N–H and O–H groups in total. The van der Waals surface area contributed by atoms with Crippen LogP contribution in [-0.2, 0) is 0 Å². The maximum absolute atomic E-state index is 12.7. The van der Waals surface area contributed by atoms with E-state index in [1.807, 2.05) is 0 Å². The minimum Gasteiger partial charge on any atom is -0.455 e.